The van der Waals surface area contributed by atoms with E-state index in [1.807, 2.05) is 0 Å². The van der Waals surface area contributed by atoms with Gasteiger partial charge in [0.2, 0.25) is 0 Å². The number of nitrogens with zero attached hydrogens (tertiary/aromatic N) is 3. The number of aromatic carboxylic acids is 1. The molecule has 0 saturated carbocycles. The minimum absolute atomic E-state index is 0.0676. The highest BCUT2D eigenvalue weighted by atomic mass is 35.5. The Bertz CT molecular complexity index is 683. The lowest BCUT2D eigenvalue weighted by Gasteiger charge is -2.11. The first kappa shape index (κ1) is 14.0. The first-order valence-electron chi connectivity index (χ1n) is 5.59. The fraction of sp³-hybridized carbons (Fsp3) is 0.167. The SMILES string of the molecule is CC(C(=O)O)n1nnc(C(=O)O)c1-c1ccccc1Cl. The van der Waals surface area contributed by atoms with Crippen molar-refractivity contribution in [2.45, 2.75) is 13.0 Å². The highest BCUT2D eigenvalue weighted by molar-refractivity contribution is 6.33. The zero-order valence-electron chi connectivity index (χ0n) is 10.3. The summed E-state index contributed by atoms with van der Waals surface area (Å²) in [5, 5.41) is 25.6. The summed E-state index contributed by atoms with van der Waals surface area (Å²) in [5.41, 5.74) is 0.0915. The molecule has 1 aromatic carbocycles. The Labute approximate surface area is 118 Å². The Morgan fingerprint density at radius 2 is 1.95 bits per heavy atom. The molecule has 1 heterocycles. The minimum Gasteiger partial charge on any atom is -0.480 e. The molecule has 0 radical (unpaired) electrons. The van der Waals surface area contributed by atoms with Gasteiger partial charge in [-0.05, 0) is 13.0 Å². The largest absolute Gasteiger partial charge is 0.480 e. The standard InChI is InChI=1S/C12H10ClN3O4/c1-6(11(17)18)16-10(9(12(19)20)14-15-16)7-4-2-3-5-8(7)13/h2-6H,1H3,(H,17,18)(H,19,20). The maximum Gasteiger partial charge on any atom is 0.358 e. The third kappa shape index (κ3) is 2.35. The van der Waals surface area contributed by atoms with Crippen molar-refractivity contribution in [3.63, 3.8) is 0 Å². The maximum atomic E-state index is 11.2. The van der Waals surface area contributed by atoms with Gasteiger partial charge in [-0.3, -0.25) is 0 Å². The van der Waals surface area contributed by atoms with E-state index >= 15 is 0 Å². The molecule has 0 bridgehead atoms. The van der Waals surface area contributed by atoms with Crippen LogP contribution in [0.2, 0.25) is 5.02 Å². The van der Waals surface area contributed by atoms with Crippen molar-refractivity contribution >= 4 is 23.5 Å². The predicted molar refractivity (Wildman–Crippen MR) is 69.8 cm³/mol. The molecule has 7 nitrogen and oxygen atoms in total. The van der Waals surface area contributed by atoms with Crippen LogP contribution >= 0.6 is 11.6 Å². The highest BCUT2D eigenvalue weighted by Gasteiger charge is 2.27. The average molecular weight is 296 g/mol. The molecule has 104 valence electrons. The zero-order valence-corrected chi connectivity index (χ0v) is 11.1. The monoisotopic (exact) mass is 295 g/mol. The van der Waals surface area contributed by atoms with E-state index in [9.17, 15) is 9.59 Å². The number of carbonyl (C=O) groups is 2. The molecule has 0 saturated heterocycles. The third-order valence-electron chi connectivity index (χ3n) is 2.75. The smallest absolute Gasteiger partial charge is 0.358 e. The molecule has 0 spiro atoms. The number of rotatable bonds is 4. The van der Waals surface area contributed by atoms with Crippen LogP contribution in [0, 0.1) is 0 Å². The molecule has 0 aliphatic rings. The van der Waals surface area contributed by atoms with Gasteiger partial charge in [0.05, 0.1) is 5.02 Å². The van der Waals surface area contributed by atoms with Crippen molar-refractivity contribution in [3.05, 3.63) is 35.0 Å². The summed E-state index contributed by atoms with van der Waals surface area (Å²) in [7, 11) is 0. The summed E-state index contributed by atoms with van der Waals surface area (Å²) >= 11 is 6.04. The summed E-state index contributed by atoms with van der Waals surface area (Å²) in [5.74, 6) is -2.45. The van der Waals surface area contributed by atoms with Gasteiger partial charge in [-0.25, -0.2) is 14.3 Å². The number of halogens is 1. The molecule has 1 unspecified atom stereocenters. The van der Waals surface area contributed by atoms with Gasteiger partial charge in [-0.15, -0.1) is 5.10 Å². The Kier molecular flexibility index (Phi) is 3.71. The van der Waals surface area contributed by atoms with Crippen molar-refractivity contribution in [2.24, 2.45) is 0 Å². The molecule has 20 heavy (non-hydrogen) atoms. The Hall–Kier alpha value is -2.41. The van der Waals surface area contributed by atoms with E-state index in [2.05, 4.69) is 10.3 Å². The molecule has 0 aliphatic carbocycles. The molecule has 8 heteroatoms. The number of benzene rings is 1. The van der Waals surface area contributed by atoms with Crippen molar-refractivity contribution in [1.82, 2.24) is 15.0 Å². The normalized spacial score (nSPS) is 12.1. The van der Waals surface area contributed by atoms with E-state index in [1.165, 1.54) is 6.92 Å². The van der Waals surface area contributed by atoms with Gasteiger partial charge in [-0.2, -0.15) is 0 Å². The summed E-state index contributed by atoms with van der Waals surface area (Å²) in [6, 6.07) is 5.43. The van der Waals surface area contributed by atoms with Gasteiger partial charge in [0, 0.05) is 5.56 Å². The summed E-state index contributed by atoms with van der Waals surface area (Å²) in [6.07, 6.45) is 0. The molecule has 0 aliphatic heterocycles. The van der Waals surface area contributed by atoms with E-state index in [4.69, 9.17) is 21.8 Å². The third-order valence-corrected chi connectivity index (χ3v) is 3.08. The predicted octanol–water partition coefficient (Wildman–Crippen LogP) is 1.94. The van der Waals surface area contributed by atoms with E-state index in [0.29, 0.717) is 5.56 Å². The van der Waals surface area contributed by atoms with Crippen LogP contribution in [0.1, 0.15) is 23.5 Å². The molecular weight excluding hydrogens is 286 g/mol. The molecule has 2 N–H and O–H groups in total. The van der Waals surface area contributed by atoms with Crippen molar-refractivity contribution < 1.29 is 19.8 Å². The first-order chi connectivity index (χ1) is 9.43. The quantitative estimate of drug-likeness (QED) is 0.893. The molecule has 1 atom stereocenters. The van der Waals surface area contributed by atoms with Crippen LogP contribution < -0.4 is 0 Å². The van der Waals surface area contributed by atoms with Crippen LogP contribution in [-0.4, -0.2) is 37.1 Å². The van der Waals surface area contributed by atoms with Crippen LogP contribution in [0.25, 0.3) is 11.3 Å². The molecular formula is C12H10ClN3O4. The molecule has 2 aromatic rings. The number of carboxylic acid groups (broad SMARTS) is 2. The number of hydrogen-bond acceptors (Lipinski definition) is 4. The lowest BCUT2D eigenvalue weighted by atomic mass is 10.1. The lowest BCUT2D eigenvalue weighted by molar-refractivity contribution is -0.140. The van der Waals surface area contributed by atoms with Gasteiger partial charge < -0.3 is 10.2 Å². The molecule has 0 amide bonds. The Morgan fingerprint density at radius 3 is 2.50 bits per heavy atom. The summed E-state index contributed by atoms with van der Waals surface area (Å²) < 4.78 is 1.03. The zero-order chi connectivity index (χ0) is 14.9. The number of carboxylic acids is 2. The van der Waals surface area contributed by atoms with Crippen molar-refractivity contribution in [1.29, 1.82) is 0 Å². The average Bonchev–Trinajstić information content (AvgIpc) is 2.82. The number of hydrogen-bond donors (Lipinski definition) is 2. The van der Waals surface area contributed by atoms with Crippen LogP contribution in [0.5, 0.6) is 0 Å². The van der Waals surface area contributed by atoms with Crippen LogP contribution in [-0.2, 0) is 4.79 Å². The van der Waals surface area contributed by atoms with Crippen LogP contribution in [0.3, 0.4) is 0 Å². The van der Waals surface area contributed by atoms with E-state index in [0.717, 1.165) is 4.68 Å². The topological polar surface area (TPSA) is 105 Å². The van der Waals surface area contributed by atoms with E-state index in [-0.39, 0.29) is 16.4 Å². The van der Waals surface area contributed by atoms with E-state index in [1.54, 1.807) is 24.3 Å². The summed E-state index contributed by atoms with van der Waals surface area (Å²) in [6.45, 7) is 1.38. The highest BCUT2D eigenvalue weighted by Crippen LogP contribution is 2.31. The Balaban J connectivity index is 2.71. The minimum atomic E-state index is -1.30. The second-order valence-electron chi connectivity index (χ2n) is 4.03. The second kappa shape index (κ2) is 5.30. The maximum absolute atomic E-state index is 11.2. The van der Waals surface area contributed by atoms with Gasteiger partial charge >= 0.3 is 11.9 Å². The fourth-order valence-electron chi connectivity index (χ4n) is 1.72. The van der Waals surface area contributed by atoms with Crippen LogP contribution in [0.4, 0.5) is 0 Å². The second-order valence-corrected chi connectivity index (χ2v) is 4.44. The molecule has 2 rings (SSSR count). The van der Waals surface area contributed by atoms with Crippen molar-refractivity contribution in [2.75, 3.05) is 0 Å². The fourth-order valence-corrected chi connectivity index (χ4v) is 1.94. The van der Waals surface area contributed by atoms with Crippen molar-refractivity contribution in [3.8, 4) is 11.3 Å². The molecule has 1 aromatic heterocycles. The molecule has 0 fully saturated rings. The lowest BCUT2D eigenvalue weighted by Crippen LogP contribution is -2.18. The Morgan fingerprint density at radius 1 is 1.30 bits per heavy atom. The summed E-state index contributed by atoms with van der Waals surface area (Å²) in [4.78, 5) is 22.3. The van der Waals surface area contributed by atoms with Crippen LogP contribution in [0.15, 0.2) is 24.3 Å². The first-order valence-corrected chi connectivity index (χ1v) is 5.97. The van der Waals surface area contributed by atoms with E-state index < -0.39 is 18.0 Å². The van der Waals surface area contributed by atoms with Gasteiger partial charge in [0.15, 0.2) is 5.69 Å². The van der Waals surface area contributed by atoms with Gasteiger partial charge in [0.25, 0.3) is 0 Å². The van der Waals surface area contributed by atoms with Gasteiger partial charge in [-0.1, -0.05) is 35.0 Å². The number of aliphatic carboxylic acids is 1. The van der Waals surface area contributed by atoms with Gasteiger partial charge in [0.1, 0.15) is 11.7 Å². The number of aromatic nitrogens is 3.